The standard InChI is InChI=1S/C21H23FN4O6/c22-15-9-13-16(26(12-1-2-12)11-14(19(13)29)20(30)31)10-17(15)24-5-7-25(8-6-24)21(32)23-4-3-18(27)28/h9-12H,1-8H2,(H,23,32)(H,27,28)(H,30,31). The van der Waals surface area contributed by atoms with Gasteiger partial charge in [0.05, 0.1) is 17.6 Å². The summed E-state index contributed by atoms with van der Waals surface area (Å²) in [4.78, 5) is 50.1. The molecule has 2 heterocycles. The summed E-state index contributed by atoms with van der Waals surface area (Å²) in [7, 11) is 0. The van der Waals surface area contributed by atoms with Crippen LogP contribution >= 0.6 is 0 Å². The Labute approximate surface area is 181 Å². The van der Waals surface area contributed by atoms with Gasteiger partial charge >= 0.3 is 18.0 Å². The maximum atomic E-state index is 15.0. The number of aliphatic carboxylic acids is 1. The van der Waals surface area contributed by atoms with E-state index in [9.17, 15) is 28.7 Å². The van der Waals surface area contributed by atoms with E-state index >= 15 is 0 Å². The number of carbonyl (C=O) groups excluding carboxylic acids is 1. The number of pyridine rings is 1. The molecule has 1 aliphatic carbocycles. The number of halogens is 1. The van der Waals surface area contributed by atoms with Crippen LogP contribution in [0.3, 0.4) is 0 Å². The van der Waals surface area contributed by atoms with E-state index in [2.05, 4.69) is 5.32 Å². The lowest BCUT2D eigenvalue weighted by Crippen LogP contribution is -2.52. The monoisotopic (exact) mass is 446 g/mol. The van der Waals surface area contributed by atoms with Crippen LogP contribution < -0.4 is 15.6 Å². The maximum Gasteiger partial charge on any atom is 0.341 e. The fourth-order valence-electron chi connectivity index (χ4n) is 3.95. The average molecular weight is 446 g/mol. The van der Waals surface area contributed by atoms with E-state index in [1.165, 1.54) is 11.1 Å². The van der Waals surface area contributed by atoms with Gasteiger partial charge in [0.1, 0.15) is 11.4 Å². The summed E-state index contributed by atoms with van der Waals surface area (Å²) in [5, 5.41) is 20.6. The number of fused-ring (bicyclic) bond motifs is 1. The number of nitrogens with zero attached hydrogens (tertiary/aromatic N) is 3. The number of rotatable bonds is 6. The van der Waals surface area contributed by atoms with Crippen molar-refractivity contribution in [2.45, 2.75) is 25.3 Å². The van der Waals surface area contributed by atoms with Crippen molar-refractivity contribution in [1.29, 1.82) is 0 Å². The number of carboxylic acid groups (broad SMARTS) is 2. The van der Waals surface area contributed by atoms with Crippen LogP contribution in [0.2, 0.25) is 0 Å². The topological polar surface area (TPSA) is 132 Å². The molecule has 2 fully saturated rings. The van der Waals surface area contributed by atoms with Crippen molar-refractivity contribution in [3.05, 3.63) is 39.9 Å². The van der Waals surface area contributed by atoms with Gasteiger partial charge in [-0.2, -0.15) is 0 Å². The van der Waals surface area contributed by atoms with E-state index in [0.717, 1.165) is 18.9 Å². The highest BCUT2D eigenvalue weighted by Gasteiger charge is 2.29. The average Bonchev–Trinajstić information content (AvgIpc) is 3.59. The highest BCUT2D eigenvalue weighted by Crippen LogP contribution is 2.38. The number of hydrogen-bond acceptors (Lipinski definition) is 5. The summed E-state index contributed by atoms with van der Waals surface area (Å²) in [5.41, 5.74) is -0.301. The van der Waals surface area contributed by atoms with E-state index in [0.29, 0.717) is 37.4 Å². The van der Waals surface area contributed by atoms with E-state index < -0.39 is 23.2 Å². The van der Waals surface area contributed by atoms with Crippen molar-refractivity contribution < 1.29 is 29.0 Å². The Hall–Kier alpha value is -3.63. The fraction of sp³-hybridized carbons (Fsp3) is 0.429. The van der Waals surface area contributed by atoms with Crippen LogP contribution in [-0.2, 0) is 4.79 Å². The van der Waals surface area contributed by atoms with Gasteiger partial charge in [-0.25, -0.2) is 14.0 Å². The first-order chi connectivity index (χ1) is 15.3. The Morgan fingerprint density at radius 1 is 1.09 bits per heavy atom. The minimum atomic E-state index is -1.34. The number of carboxylic acids is 2. The van der Waals surface area contributed by atoms with Crippen LogP contribution in [-0.4, -0.2) is 70.4 Å². The molecular weight excluding hydrogens is 423 g/mol. The van der Waals surface area contributed by atoms with Crippen molar-refractivity contribution in [3.63, 3.8) is 0 Å². The molecule has 1 aliphatic heterocycles. The van der Waals surface area contributed by atoms with Gasteiger partial charge in [0, 0.05) is 50.3 Å². The van der Waals surface area contributed by atoms with Crippen LogP contribution in [0.15, 0.2) is 23.1 Å². The first-order valence-corrected chi connectivity index (χ1v) is 10.4. The van der Waals surface area contributed by atoms with Gasteiger partial charge in [0.25, 0.3) is 0 Å². The second kappa shape index (κ2) is 8.48. The molecule has 0 radical (unpaired) electrons. The first-order valence-electron chi connectivity index (χ1n) is 10.4. The molecular formula is C21H23FN4O6. The highest BCUT2D eigenvalue weighted by molar-refractivity contribution is 5.93. The van der Waals surface area contributed by atoms with Gasteiger partial charge in [-0.15, -0.1) is 0 Å². The molecule has 11 heteroatoms. The quantitative estimate of drug-likeness (QED) is 0.612. The number of anilines is 1. The molecule has 32 heavy (non-hydrogen) atoms. The zero-order valence-electron chi connectivity index (χ0n) is 17.2. The Morgan fingerprint density at radius 2 is 1.78 bits per heavy atom. The predicted octanol–water partition coefficient (Wildman–Crippen LogP) is 1.48. The molecule has 1 saturated heterocycles. The maximum absolute atomic E-state index is 15.0. The summed E-state index contributed by atoms with van der Waals surface area (Å²) >= 11 is 0. The van der Waals surface area contributed by atoms with E-state index in [-0.39, 0.29) is 36.0 Å². The normalized spacial score (nSPS) is 16.3. The molecule has 1 saturated carbocycles. The van der Waals surface area contributed by atoms with E-state index in [4.69, 9.17) is 5.11 Å². The Morgan fingerprint density at radius 3 is 2.38 bits per heavy atom. The molecule has 0 spiro atoms. The molecule has 2 amide bonds. The Balaban J connectivity index is 1.56. The lowest BCUT2D eigenvalue weighted by atomic mass is 10.1. The molecule has 1 aromatic heterocycles. The molecule has 1 aromatic carbocycles. The molecule has 0 bridgehead atoms. The largest absolute Gasteiger partial charge is 0.481 e. The molecule has 0 atom stereocenters. The Kier molecular flexibility index (Phi) is 5.72. The summed E-state index contributed by atoms with van der Waals surface area (Å²) in [6.45, 7) is 1.39. The number of aromatic carboxylic acids is 1. The van der Waals surface area contributed by atoms with Crippen LogP contribution in [0.25, 0.3) is 10.9 Å². The SMILES string of the molecule is O=C(O)CCNC(=O)N1CCN(c2cc3c(cc2F)c(=O)c(C(=O)O)cn3C2CC2)CC1. The zero-order valence-corrected chi connectivity index (χ0v) is 17.2. The van der Waals surface area contributed by atoms with E-state index in [1.807, 2.05) is 0 Å². The summed E-state index contributed by atoms with van der Waals surface area (Å²) in [6, 6.07) is 2.40. The summed E-state index contributed by atoms with van der Waals surface area (Å²) in [6.07, 6.45) is 2.89. The first kappa shape index (κ1) is 21.6. The molecule has 0 unspecified atom stereocenters. The number of hydrogen-bond donors (Lipinski definition) is 3. The van der Waals surface area contributed by atoms with Crippen LogP contribution in [0.4, 0.5) is 14.9 Å². The van der Waals surface area contributed by atoms with Crippen molar-refractivity contribution in [2.75, 3.05) is 37.6 Å². The molecule has 2 aromatic rings. The minimum Gasteiger partial charge on any atom is -0.481 e. The van der Waals surface area contributed by atoms with Gasteiger partial charge in [-0.1, -0.05) is 0 Å². The van der Waals surface area contributed by atoms with E-state index in [1.54, 1.807) is 15.5 Å². The minimum absolute atomic E-state index is 0.0325. The fourth-order valence-corrected chi connectivity index (χ4v) is 3.95. The highest BCUT2D eigenvalue weighted by atomic mass is 19.1. The van der Waals surface area contributed by atoms with Gasteiger partial charge in [-0.3, -0.25) is 9.59 Å². The lowest BCUT2D eigenvalue weighted by Gasteiger charge is -2.36. The molecule has 10 nitrogen and oxygen atoms in total. The number of amides is 2. The Bertz CT molecular complexity index is 1150. The van der Waals surface area contributed by atoms with Crippen molar-refractivity contribution >= 4 is 34.6 Å². The number of carbonyl (C=O) groups is 3. The van der Waals surface area contributed by atoms with Gasteiger partial charge in [0.2, 0.25) is 5.43 Å². The molecule has 2 aliphatic rings. The molecule has 170 valence electrons. The second-order valence-electron chi connectivity index (χ2n) is 7.99. The number of aromatic nitrogens is 1. The van der Waals surface area contributed by atoms with Crippen LogP contribution in [0.5, 0.6) is 0 Å². The predicted molar refractivity (Wildman–Crippen MR) is 113 cm³/mol. The number of piperazine rings is 1. The number of urea groups is 1. The summed E-state index contributed by atoms with van der Waals surface area (Å²) in [5.74, 6) is -2.96. The lowest BCUT2D eigenvalue weighted by molar-refractivity contribution is -0.136. The zero-order chi connectivity index (χ0) is 23.0. The van der Waals surface area contributed by atoms with Crippen molar-refractivity contribution in [2.24, 2.45) is 0 Å². The third kappa shape index (κ3) is 4.23. The second-order valence-corrected chi connectivity index (χ2v) is 7.99. The van der Waals surface area contributed by atoms with Gasteiger partial charge in [0.15, 0.2) is 0 Å². The number of nitrogens with one attached hydrogen (secondary N) is 1. The van der Waals surface area contributed by atoms with Crippen molar-refractivity contribution in [1.82, 2.24) is 14.8 Å². The van der Waals surface area contributed by atoms with Crippen LogP contribution in [0, 0.1) is 5.82 Å². The third-order valence-corrected chi connectivity index (χ3v) is 5.79. The third-order valence-electron chi connectivity index (χ3n) is 5.79. The van der Waals surface area contributed by atoms with Crippen molar-refractivity contribution in [3.8, 4) is 0 Å². The smallest absolute Gasteiger partial charge is 0.341 e. The number of benzene rings is 1. The van der Waals surface area contributed by atoms with Gasteiger partial charge < -0.3 is 29.9 Å². The molecule has 3 N–H and O–H groups in total. The van der Waals surface area contributed by atoms with Crippen LogP contribution in [0.1, 0.15) is 35.7 Å². The summed E-state index contributed by atoms with van der Waals surface area (Å²) < 4.78 is 16.7. The molecule has 4 rings (SSSR count). The van der Waals surface area contributed by atoms with Gasteiger partial charge in [-0.05, 0) is 25.0 Å².